The van der Waals surface area contributed by atoms with Crippen molar-refractivity contribution in [2.75, 3.05) is 93.6 Å². The van der Waals surface area contributed by atoms with Crippen LogP contribution < -0.4 is 14.7 Å². The van der Waals surface area contributed by atoms with Crippen molar-refractivity contribution in [3.8, 4) is 22.6 Å². The summed E-state index contributed by atoms with van der Waals surface area (Å²) in [4.78, 5) is 25.8. The predicted molar refractivity (Wildman–Crippen MR) is 146 cm³/mol. The molecule has 0 spiro atoms. The molecule has 202 valence electrons. The van der Waals surface area contributed by atoms with Crippen molar-refractivity contribution in [3.05, 3.63) is 42.7 Å². The van der Waals surface area contributed by atoms with E-state index < -0.39 is 0 Å². The van der Waals surface area contributed by atoms with Crippen LogP contribution in [0.15, 0.2) is 42.7 Å². The van der Waals surface area contributed by atoms with Crippen LogP contribution in [0.3, 0.4) is 0 Å². The highest BCUT2D eigenvalue weighted by Gasteiger charge is 2.25. The quantitative estimate of drug-likeness (QED) is 0.378. The van der Waals surface area contributed by atoms with Gasteiger partial charge in [-0.25, -0.2) is 24.5 Å². The number of aromatic nitrogens is 6. The molecule has 3 fully saturated rings. The molecular formula is C27H31N9O3. The van der Waals surface area contributed by atoms with Crippen molar-refractivity contribution < 1.29 is 14.2 Å². The Hall–Kier alpha value is -3.87. The number of anilines is 3. The predicted octanol–water partition coefficient (Wildman–Crippen LogP) is 1.76. The van der Waals surface area contributed by atoms with Crippen molar-refractivity contribution in [2.24, 2.45) is 0 Å². The maximum absolute atomic E-state index is 5.61. The molecule has 0 bridgehead atoms. The van der Waals surface area contributed by atoms with Gasteiger partial charge in [-0.2, -0.15) is 5.10 Å². The number of nitrogens with zero attached hydrogens (tertiary/aromatic N) is 9. The van der Waals surface area contributed by atoms with E-state index >= 15 is 0 Å². The summed E-state index contributed by atoms with van der Waals surface area (Å²) in [6, 6.07) is 10.2. The lowest BCUT2D eigenvalue weighted by atomic mass is 10.1. The third-order valence-electron chi connectivity index (χ3n) is 7.34. The number of hydrogen-bond donors (Lipinski definition) is 0. The largest absolute Gasteiger partial charge is 0.378 e. The van der Waals surface area contributed by atoms with Crippen LogP contribution in [0, 0.1) is 0 Å². The van der Waals surface area contributed by atoms with Gasteiger partial charge in [-0.1, -0.05) is 6.07 Å². The highest BCUT2D eigenvalue weighted by Crippen LogP contribution is 2.36. The van der Waals surface area contributed by atoms with Crippen molar-refractivity contribution in [2.45, 2.75) is 0 Å². The first kappa shape index (κ1) is 24.2. The fraction of sp³-hybridized carbons (Fsp3) is 0.444. The Morgan fingerprint density at radius 1 is 0.590 bits per heavy atom. The highest BCUT2D eigenvalue weighted by atomic mass is 16.5. The molecule has 0 amide bonds. The van der Waals surface area contributed by atoms with Gasteiger partial charge in [0.25, 0.3) is 0 Å². The molecule has 12 heteroatoms. The Kier molecular flexibility index (Phi) is 6.65. The monoisotopic (exact) mass is 529 g/mol. The SMILES string of the molecule is c1cc(N2CCOCC2)n2nc(-c3ccnc(N4CCOCC4)n3)c(-c3ccnc(N4CCOCC4)n3)c2c1. The number of hydrogen-bond acceptors (Lipinski definition) is 11. The summed E-state index contributed by atoms with van der Waals surface area (Å²) in [5.41, 5.74) is 4.21. The number of pyridine rings is 1. The van der Waals surface area contributed by atoms with Crippen molar-refractivity contribution >= 4 is 23.2 Å². The Bertz CT molecular complexity index is 1440. The molecule has 4 aromatic heterocycles. The summed E-state index contributed by atoms with van der Waals surface area (Å²) in [7, 11) is 0. The van der Waals surface area contributed by atoms with Gasteiger partial charge in [-0.3, -0.25) is 0 Å². The number of fused-ring (bicyclic) bond motifs is 1. The summed E-state index contributed by atoms with van der Waals surface area (Å²) in [5, 5.41) is 5.17. The van der Waals surface area contributed by atoms with Crippen LogP contribution in [0.4, 0.5) is 17.7 Å². The van der Waals surface area contributed by atoms with Crippen LogP contribution in [0.1, 0.15) is 0 Å². The molecule has 3 aliphatic rings. The van der Waals surface area contributed by atoms with E-state index in [4.69, 9.17) is 29.3 Å². The molecule has 0 N–H and O–H groups in total. The zero-order valence-corrected chi connectivity index (χ0v) is 21.8. The molecular weight excluding hydrogens is 498 g/mol. The molecule has 0 radical (unpaired) electrons. The van der Waals surface area contributed by atoms with Gasteiger partial charge in [-0.05, 0) is 24.3 Å². The molecule has 12 nitrogen and oxygen atoms in total. The van der Waals surface area contributed by atoms with E-state index in [1.807, 2.05) is 29.0 Å². The zero-order valence-electron chi connectivity index (χ0n) is 21.8. The van der Waals surface area contributed by atoms with Crippen LogP contribution in [0.5, 0.6) is 0 Å². The standard InChI is InChI=1S/C27H31N9O3/c1-2-22-24(20-4-6-28-26(30-20)34-10-16-38-17-11-34)25(32-36(22)23(3-1)33-8-14-37-15-9-33)21-5-7-29-27(31-21)35-12-18-39-19-13-35/h1-7H,8-19H2. The van der Waals surface area contributed by atoms with Gasteiger partial charge in [0.1, 0.15) is 11.5 Å². The number of ether oxygens (including phenoxy) is 3. The molecule has 3 aliphatic heterocycles. The second-order valence-corrected chi connectivity index (χ2v) is 9.69. The Labute approximate surface area is 226 Å². The molecule has 0 saturated carbocycles. The molecule has 0 aromatic carbocycles. The van der Waals surface area contributed by atoms with E-state index in [1.165, 1.54) is 0 Å². The van der Waals surface area contributed by atoms with E-state index in [1.54, 1.807) is 0 Å². The van der Waals surface area contributed by atoms with Crippen LogP contribution in [0.2, 0.25) is 0 Å². The average molecular weight is 530 g/mol. The van der Waals surface area contributed by atoms with Crippen molar-refractivity contribution in [3.63, 3.8) is 0 Å². The third kappa shape index (κ3) is 4.75. The van der Waals surface area contributed by atoms with Gasteiger partial charge in [0.05, 0.1) is 62.1 Å². The fourth-order valence-electron chi connectivity index (χ4n) is 5.32. The van der Waals surface area contributed by atoms with Crippen molar-refractivity contribution in [1.82, 2.24) is 29.5 Å². The first-order chi connectivity index (χ1) is 19.3. The van der Waals surface area contributed by atoms with E-state index in [-0.39, 0.29) is 0 Å². The molecule has 7 heterocycles. The maximum Gasteiger partial charge on any atom is 0.226 e. The number of morpholine rings is 3. The van der Waals surface area contributed by atoms with Gasteiger partial charge in [0.15, 0.2) is 0 Å². The summed E-state index contributed by atoms with van der Waals surface area (Å²) < 4.78 is 18.7. The lowest BCUT2D eigenvalue weighted by Crippen LogP contribution is -2.37. The van der Waals surface area contributed by atoms with Gasteiger partial charge in [0, 0.05) is 51.7 Å². The van der Waals surface area contributed by atoms with E-state index in [2.05, 4.69) is 42.9 Å². The molecule has 0 aliphatic carbocycles. The normalized spacial score (nSPS) is 18.6. The van der Waals surface area contributed by atoms with Crippen LogP contribution in [-0.2, 0) is 14.2 Å². The molecule has 0 atom stereocenters. The van der Waals surface area contributed by atoms with Gasteiger partial charge in [-0.15, -0.1) is 0 Å². The summed E-state index contributed by atoms with van der Waals surface area (Å²) in [6.45, 7) is 8.75. The second-order valence-electron chi connectivity index (χ2n) is 9.69. The average Bonchev–Trinajstić information content (AvgIpc) is 3.42. The summed E-state index contributed by atoms with van der Waals surface area (Å²) in [6.07, 6.45) is 3.63. The first-order valence-electron chi connectivity index (χ1n) is 13.5. The van der Waals surface area contributed by atoms with Crippen LogP contribution >= 0.6 is 0 Å². The molecule has 0 unspecified atom stereocenters. The Morgan fingerprint density at radius 3 is 1.74 bits per heavy atom. The van der Waals surface area contributed by atoms with Crippen LogP contribution in [0.25, 0.3) is 28.2 Å². The van der Waals surface area contributed by atoms with Gasteiger partial charge in [0.2, 0.25) is 11.9 Å². The van der Waals surface area contributed by atoms with Crippen LogP contribution in [-0.4, -0.2) is 108 Å². The summed E-state index contributed by atoms with van der Waals surface area (Å²) in [5.74, 6) is 2.40. The highest BCUT2D eigenvalue weighted by molar-refractivity contribution is 5.91. The van der Waals surface area contributed by atoms with E-state index in [0.29, 0.717) is 51.5 Å². The molecule has 4 aromatic rings. The molecule has 7 rings (SSSR count). The Balaban J connectivity index is 1.38. The van der Waals surface area contributed by atoms with E-state index in [9.17, 15) is 0 Å². The lowest BCUT2D eigenvalue weighted by Gasteiger charge is -2.28. The minimum absolute atomic E-state index is 0.668. The van der Waals surface area contributed by atoms with E-state index in [0.717, 1.165) is 73.2 Å². The topological polar surface area (TPSA) is 106 Å². The zero-order chi connectivity index (χ0) is 26.0. The van der Waals surface area contributed by atoms with Crippen molar-refractivity contribution in [1.29, 1.82) is 0 Å². The minimum Gasteiger partial charge on any atom is -0.378 e. The summed E-state index contributed by atoms with van der Waals surface area (Å²) >= 11 is 0. The molecule has 39 heavy (non-hydrogen) atoms. The maximum atomic E-state index is 5.61. The smallest absolute Gasteiger partial charge is 0.226 e. The number of rotatable bonds is 5. The minimum atomic E-state index is 0.668. The second kappa shape index (κ2) is 10.7. The van der Waals surface area contributed by atoms with Gasteiger partial charge < -0.3 is 28.9 Å². The fourth-order valence-corrected chi connectivity index (χ4v) is 5.32. The van der Waals surface area contributed by atoms with Gasteiger partial charge >= 0.3 is 0 Å². The lowest BCUT2D eigenvalue weighted by molar-refractivity contribution is 0.122. The first-order valence-corrected chi connectivity index (χ1v) is 13.5. The molecule has 3 saturated heterocycles. The Morgan fingerprint density at radius 2 is 1.13 bits per heavy atom. The third-order valence-corrected chi connectivity index (χ3v) is 7.34.